The van der Waals surface area contributed by atoms with Gasteiger partial charge in [0, 0.05) is 28.2 Å². The summed E-state index contributed by atoms with van der Waals surface area (Å²) in [5, 5.41) is 6.16. The molecule has 0 atom stereocenters. The van der Waals surface area contributed by atoms with Crippen molar-refractivity contribution in [3.63, 3.8) is 0 Å². The van der Waals surface area contributed by atoms with Crippen molar-refractivity contribution >= 4 is 28.0 Å². The molecule has 5 aromatic rings. The molecule has 0 aliphatic carbocycles. The number of aromatic nitrogens is 3. The lowest BCUT2D eigenvalue weighted by Crippen LogP contribution is -2.20. The Balaban J connectivity index is 1.75. The van der Waals surface area contributed by atoms with Crippen molar-refractivity contribution < 1.29 is 0 Å². The highest BCUT2D eigenvalue weighted by atomic mass is 16.1. The van der Waals surface area contributed by atoms with Crippen LogP contribution in [0.3, 0.4) is 0 Å². The van der Waals surface area contributed by atoms with Gasteiger partial charge in [0.1, 0.15) is 0 Å². The number of hydrogen-bond acceptors (Lipinski definition) is 3. The minimum Gasteiger partial charge on any atom is -0.361 e. The summed E-state index contributed by atoms with van der Waals surface area (Å²) in [5.74, 6) is 0.530. The molecule has 3 aromatic carbocycles. The molecule has 5 heteroatoms. The van der Waals surface area contributed by atoms with E-state index >= 15 is 0 Å². The van der Waals surface area contributed by atoms with Crippen LogP contribution in [0.4, 0.5) is 0 Å². The molecule has 0 saturated heterocycles. The van der Waals surface area contributed by atoms with Gasteiger partial charge in [-0.2, -0.15) is 9.78 Å². The number of H-pyrrole nitrogens is 1. The van der Waals surface area contributed by atoms with Crippen LogP contribution < -0.4 is 5.56 Å². The second kappa shape index (κ2) is 6.87. The third-order valence-corrected chi connectivity index (χ3v) is 5.07. The Morgan fingerprint density at radius 2 is 1.66 bits per heavy atom. The van der Waals surface area contributed by atoms with Gasteiger partial charge >= 0.3 is 0 Å². The first-order chi connectivity index (χ1) is 14.2. The number of hydrogen-bond donors (Lipinski definition) is 1. The third-order valence-electron chi connectivity index (χ3n) is 5.07. The van der Waals surface area contributed by atoms with E-state index in [1.807, 2.05) is 79.9 Å². The fourth-order valence-corrected chi connectivity index (χ4v) is 3.55. The van der Waals surface area contributed by atoms with E-state index in [9.17, 15) is 4.79 Å². The molecule has 29 heavy (non-hydrogen) atoms. The standard InChI is InChI=1S/C24H18N4O/c1-16-8-2-3-9-18(16)23-27-22-13-7-5-11-20(22)24(29)28(23)26-15-17-14-25-21-12-6-4-10-19(17)21/h2-15,25H,1H3/b26-15-. The highest BCUT2D eigenvalue weighted by Crippen LogP contribution is 2.22. The van der Waals surface area contributed by atoms with E-state index in [4.69, 9.17) is 4.98 Å². The van der Waals surface area contributed by atoms with E-state index in [0.717, 1.165) is 27.6 Å². The molecule has 0 amide bonds. The zero-order valence-corrected chi connectivity index (χ0v) is 15.8. The molecule has 0 fully saturated rings. The van der Waals surface area contributed by atoms with Crippen LogP contribution >= 0.6 is 0 Å². The molecule has 1 N–H and O–H groups in total. The van der Waals surface area contributed by atoms with Crippen molar-refractivity contribution in [3.05, 3.63) is 100 Å². The van der Waals surface area contributed by atoms with Crippen LogP contribution in [-0.2, 0) is 0 Å². The van der Waals surface area contributed by atoms with E-state index in [1.54, 1.807) is 12.3 Å². The predicted molar refractivity (Wildman–Crippen MR) is 117 cm³/mol. The molecule has 0 saturated carbocycles. The lowest BCUT2D eigenvalue weighted by atomic mass is 10.1. The molecular weight excluding hydrogens is 360 g/mol. The van der Waals surface area contributed by atoms with Crippen molar-refractivity contribution in [1.82, 2.24) is 14.6 Å². The van der Waals surface area contributed by atoms with Gasteiger partial charge in [-0.25, -0.2) is 4.98 Å². The second-order valence-electron chi connectivity index (χ2n) is 6.92. The predicted octanol–water partition coefficient (Wildman–Crippen LogP) is 4.74. The SMILES string of the molecule is Cc1ccccc1-c1nc2ccccc2c(=O)n1/N=C\c1c[nH]c2ccccc12. The summed E-state index contributed by atoms with van der Waals surface area (Å²) < 4.78 is 1.40. The Morgan fingerprint density at radius 3 is 2.52 bits per heavy atom. The van der Waals surface area contributed by atoms with Gasteiger partial charge in [-0.05, 0) is 30.7 Å². The molecule has 0 radical (unpaired) electrons. The van der Waals surface area contributed by atoms with Gasteiger partial charge in [0.25, 0.3) is 5.56 Å². The molecule has 2 heterocycles. The Hall–Kier alpha value is -3.99. The fourth-order valence-electron chi connectivity index (χ4n) is 3.55. The Morgan fingerprint density at radius 1 is 0.931 bits per heavy atom. The quantitative estimate of drug-likeness (QED) is 0.461. The van der Waals surface area contributed by atoms with Gasteiger partial charge in [0.05, 0.1) is 17.1 Å². The van der Waals surface area contributed by atoms with Gasteiger partial charge in [-0.15, -0.1) is 0 Å². The maximum absolute atomic E-state index is 13.3. The van der Waals surface area contributed by atoms with Crippen molar-refractivity contribution in [2.24, 2.45) is 5.10 Å². The molecule has 0 bridgehead atoms. The minimum atomic E-state index is -0.190. The highest BCUT2D eigenvalue weighted by molar-refractivity contribution is 5.99. The smallest absolute Gasteiger partial charge is 0.282 e. The highest BCUT2D eigenvalue weighted by Gasteiger charge is 2.14. The Labute approximate surface area is 167 Å². The molecular formula is C24H18N4O. The van der Waals surface area contributed by atoms with E-state index in [-0.39, 0.29) is 5.56 Å². The maximum atomic E-state index is 13.3. The van der Waals surface area contributed by atoms with Gasteiger partial charge in [0.15, 0.2) is 5.82 Å². The third kappa shape index (κ3) is 2.93. The summed E-state index contributed by atoms with van der Waals surface area (Å²) in [5.41, 5.74) is 4.32. The average molecular weight is 378 g/mol. The molecule has 0 aliphatic rings. The normalized spacial score (nSPS) is 11.6. The monoisotopic (exact) mass is 378 g/mol. The maximum Gasteiger partial charge on any atom is 0.282 e. The average Bonchev–Trinajstić information content (AvgIpc) is 3.17. The number of aromatic amines is 1. The minimum absolute atomic E-state index is 0.190. The molecule has 0 spiro atoms. The van der Waals surface area contributed by atoms with Crippen LogP contribution in [0.5, 0.6) is 0 Å². The van der Waals surface area contributed by atoms with Crippen LogP contribution in [0.1, 0.15) is 11.1 Å². The first-order valence-electron chi connectivity index (χ1n) is 9.40. The summed E-state index contributed by atoms with van der Waals surface area (Å²) in [6, 6.07) is 23.2. The summed E-state index contributed by atoms with van der Waals surface area (Å²) in [6.45, 7) is 2.00. The van der Waals surface area contributed by atoms with Crippen molar-refractivity contribution in [1.29, 1.82) is 0 Å². The van der Waals surface area contributed by atoms with Crippen molar-refractivity contribution in [3.8, 4) is 11.4 Å². The zero-order chi connectivity index (χ0) is 19.8. The molecule has 140 valence electrons. The number of para-hydroxylation sites is 2. The fraction of sp³-hybridized carbons (Fsp3) is 0.0417. The first kappa shape index (κ1) is 17.1. The number of fused-ring (bicyclic) bond motifs is 2. The number of nitrogens with one attached hydrogen (secondary N) is 1. The Bertz CT molecular complexity index is 1440. The largest absolute Gasteiger partial charge is 0.361 e. The van der Waals surface area contributed by atoms with Gasteiger partial charge in [-0.3, -0.25) is 4.79 Å². The van der Waals surface area contributed by atoms with Gasteiger partial charge in [0.2, 0.25) is 0 Å². The first-order valence-corrected chi connectivity index (χ1v) is 9.40. The lowest BCUT2D eigenvalue weighted by Gasteiger charge is -2.11. The van der Waals surface area contributed by atoms with E-state index < -0.39 is 0 Å². The summed E-state index contributed by atoms with van der Waals surface area (Å²) in [7, 11) is 0. The number of nitrogens with zero attached hydrogens (tertiary/aromatic N) is 3. The molecule has 0 aliphatic heterocycles. The van der Waals surface area contributed by atoms with Crippen LogP contribution in [0, 0.1) is 6.92 Å². The van der Waals surface area contributed by atoms with Crippen LogP contribution in [0.2, 0.25) is 0 Å². The van der Waals surface area contributed by atoms with Crippen molar-refractivity contribution in [2.75, 3.05) is 0 Å². The lowest BCUT2D eigenvalue weighted by molar-refractivity contribution is 0.829. The summed E-state index contributed by atoms with van der Waals surface area (Å²) in [4.78, 5) is 21.3. The van der Waals surface area contributed by atoms with Crippen LogP contribution in [0.15, 0.2) is 88.9 Å². The van der Waals surface area contributed by atoms with Gasteiger partial charge < -0.3 is 4.98 Å². The molecule has 0 unspecified atom stereocenters. The van der Waals surface area contributed by atoms with E-state index in [1.165, 1.54) is 4.68 Å². The molecule has 5 nitrogen and oxygen atoms in total. The molecule has 5 rings (SSSR count). The Kier molecular flexibility index (Phi) is 4.06. The number of benzene rings is 3. The van der Waals surface area contributed by atoms with E-state index in [2.05, 4.69) is 10.1 Å². The van der Waals surface area contributed by atoms with Gasteiger partial charge in [-0.1, -0.05) is 54.6 Å². The van der Waals surface area contributed by atoms with E-state index in [0.29, 0.717) is 16.7 Å². The number of rotatable bonds is 3. The zero-order valence-electron chi connectivity index (χ0n) is 15.8. The summed E-state index contributed by atoms with van der Waals surface area (Å²) in [6.07, 6.45) is 3.60. The molecule has 2 aromatic heterocycles. The van der Waals surface area contributed by atoms with Crippen LogP contribution in [-0.4, -0.2) is 20.9 Å². The topological polar surface area (TPSA) is 63.0 Å². The summed E-state index contributed by atoms with van der Waals surface area (Å²) >= 11 is 0. The second-order valence-corrected chi connectivity index (χ2v) is 6.92. The van der Waals surface area contributed by atoms with Crippen LogP contribution in [0.25, 0.3) is 33.2 Å². The number of aryl methyl sites for hydroxylation is 1. The van der Waals surface area contributed by atoms with Crippen molar-refractivity contribution in [2.45, 2.75) is 6.92 Å².